The van der Waals surface area contributed by atoms with E-state index in [-0.39, 0.29) is 0 Å². The highest BCUT2D eigenvalue weighted by atomic mass is 15.1. The molecule has 0 bridgehead atoms. The van der Waals surface area contributed by atoms with Crippen LogP contribution in [0.4, 0.5) is 5.82 Å². The molecule has 2 aromatic heterocycles. The fourth-order valence-electron chi connectivity index (χ4n) is 1.45. The van der Waals surface area contributed by atoms with Gasteiger partial charge in [-0.3, -0.25) is 4.40 Å². The van der Waals surface area contributed by atoms with Gasteiger partial charge in [-0.2, -0.15) is 0 Å². The van der Waals surface area contributed by atoms with Crippen molar-refractivity contribution in [3.63, 3.8) is 0 Å². The van der Waals surface area contributed by atoms with Crippen LogP contribution >= 0.6 is 0 Å². The number of hydrogen-bond donors (Lipinski definition) is 1. The van der Waals surface area contributed by atoms with Crippen molar-refractivity contribution in [3.05, 3.63) is 24.3 Å². The number of anilines is 1. The van der Waals surface area contributed by atoms with Crippen LogP contribution in [0.2, 0.25) is 0 Å². The molecule has 4 heteroatoms. The number of fused-ring (bicyclic) bond motifs is 1. The van der Waals surface area contributed by atoms with E-state index in [9.17, 15) is 0 Å². The average Bonchev–Trinajstić information content (AvgIpc) is 2.70. The number of nitrogen functional groups attached to an aromatic ring is 1. The molecule has 2 rings (SSSR count). The van der Waals surface area contributed by atoms with Gasteiger partial charge in [0.25, 0.3) is 0 Å². The summed E-state index contributed by atoms with van der Waals surface area (Å²) >= 11 is 0. The van der Waals surface area contributed by atoms with E-state index in [1.807, 2.05) is 10.6 Å². The number of hydrogen-bond acceptors (Lipinski definition) is 3. The van der Waals surface area contributed by atoms with Crippen molar-refractivity contribution in [2.45, 2.75) is 26.2 Å². The molecule has 0 saturated heterocycles. The maximum atomic E-state index is 5.70. The number of unbranched alkanes of at least 4 members (excludes halogenated alkanes) is 2. The molecule has 0 spiro atoms. The maximum absolute atomic E-state index is 5.70. The fourth-order valence-corrected chi connectivity index (χ4v) is 1.45. The van der Waals surface area contributed by atoms with Gasteiger partial charge in [-0.1, -0.05) is 19.3 Å². The first-order valence-electron chi connectivity index (χ1n) is 5.39. The standard InChI is InChI=1S/C12H14N4/c1-2-3-4-5-6-10-9-15-12-11(13)14-7-8-16(10)12/h7-9H,2-4H2,1H3,(H2,13,14). The van der Waals surface area contributed by atoms with Gasteiger partial charge in [0.1, 0.15) is 5.69 Å². The summed E-state index contributed by atoms with van der Waals surface area (Å²) in [6.45, 7) is 2.16. The highest BCUT2D eigenvalue weighted by Gasteiger charge is 2.03. The summed E-state index contributed by atoms with van der Waals surface area (Å²) in [6, 6.07) is 0. The van der Waals surface area contributed by atoms with E-state index in [1.54, 1.807) is 12.4 Å². The van der Waals surface area contributed by atoms with Gasteiger partial charge in [0.2, 0.25) is 0 Å². The Morgan fingerprint density at radius 1 is 1.44 bits per heavy atom. The van der Waals surface area contributed by atoms with Gasteiger partial charge in [-0.15, -0.1) is 0 Å². The molecular weight excluding hydrogens is 200 g/mol. The zero-order valence-electron chi connectivity index (χ0n) is 9.27. The second-order valence-corrected chi connectivity index (χ2v) is 3.55. The number of nitrogens with two attached hydrogens (primary N) is 1. The lowest BCUT2D eigenvalue weighted by Crippen LogP contribution is -1.96. The molecule has 0 aromatic carbocycles. The zero-order chi connectivity index (χ0) is 11.4. The molecule has 4 nitrogen and oxygen atoms in total. The Labute approximate surface area is 94.5 Å². The first-order chi connectivity index (χ1) is 7.83. The van der Waals surface area contributed by atoms with Crippen LogP contribution in [0.1, 0.15) is 31.9 Å². The molecule has 0 amide bonds. The van der Waals surface area contributed by atoms with Crippen molar-refractivity contribution in [1.82, 2.24) is 14.4 Å². The molecular formula is C12H14N4. The van der Waals surface area contributed by atoms with E-state index in [0.29, 0.717) is 11.5 Å². The number of aromatic nitrogens is 3. The summed E-state index contributed by atoms with van der Waals surface area (Å²) in [5, 5.41) is 0. The molecule has 0 aliphatic rings. The molecule has 0 unspecified atom stereocenters. The topological polar surface area (TPSA) is 56.2 Å². The second kappa shape index (κ2) is 4.67. The van der Waals surface area contributed by atoms with Gasteiger partial charge in [0.15, 0.2) is 11.5 Å². The molecule has 0 fully saturated rings. The summed E-state index contributed by atoms with van der Waals surface area (Å²) in [4.78, 5) is 8.17. The van der Waals surface area contributed by atoms with Gasteiger partial charge in [-0.05, 0) is 12.3 Å². The van der Waals surface area contributed by atoms with E-state index in [4.69, 9.17) is 5.73 Å². The Bertz CT molecular complexity index is 545. The minimum Gasteiger partial charge on any atom is -0.381 e. The quantitative estimate of drug-likeness (QED) is 0.613. The summed E-state index contributed by atoms with van der Waals surface area (Å²) in [7, 11) is 0. The second-order valence-electron chi connectivity index (χ2n) is 3.55. The molecule has 0 saturated carbocycles. The normalized spacial score (nSPS) is 10.1. The van der Waals surface area contributed by atoms with Crippen LogP contribution in [0.5, 0.6) is 0 Å². The van der Waals surface area contributed by atoms with E-state index >= 15 is 0 Å². The highest BCUT2D eigenvalue weighted by molar-refractivity contribution is 5.61. The predicted octanol–water partition coefficient (Wildman–Crippen LogP) is 1.85. The van der Waals surface area contributed by atoms with Crippen molar-refractivity contribution >= 4 is 11.5 Å². The molecule has 2 aromatic rings. The first-order valence-corrected chi connectivity index (χ1v) is 5.39. The Kier molecular flexibility index (Phi) is 3.06. The van der Waals surface area contributed by atoms with E-state index in [2.05, 4.69) is 28.7 Å². The van der Waals surface area contributed by atoms with Gasteiger partial charge < -0.3 is 5.73 Å². The van der Waals surface area contributed by atoms with Gasteiger partial charge >= 0.3 is 0 Å². The van der Waals surface area contributed by atoms with Crippen molar-refractivity contribution in [3.8, 4) is 11.8 Å². The largest absolute Gasteiger partial charge is 0.381 e. The van der Waals surface area contributed by atoms with Crippen molar-refractivity contribution in [2.24, 2.45) is 0 Å². The predicted molar refractivity (Wildman–Crippen MR) is 63.8 cm³/mol. The molecule has 2 heterocycles. The lowest BCUT2D eigenvalue weighted by atomic mass is 10.2. The monoisotopic (exact) mass is 214 g/mol. The molecule has 0 radical (unpaired) electrons. The minimum absolute atomic E-state index is 0.434. The number of imidazole rings is 1. The smallest absolute Gasteiger partial charge is 0.180 e. The molecule has 82 valence electrons. The molecule has 0 atom stereocenters. The summed E-state index contributed by atoms with van der Waals surface area (Å²) in [5.74, 6) is 6.66. The van der Waals surface area contributed by atoms with Crippen LogP contribution in [-0.4, -0.2) is 14.4 Å². The third kappa shape index (κ3) is 1.98. The average molecular weight is 214 g/mol. The third-order valence-electron chi connectivity index (χ3n) is 2.33. The number of rotatable bonds is 2. The van der Waals surface area contributed by atoms with Crippen LogP contribution in [0.15, 0.2) is 18.6 Å². The highest BCUT2D eigenvalue weighted by Crippen LogP contribution is 2.09. The molecule has 0 aliphatic heterocycles. The summed E-state index contributed by atoms with van der Waals surface area (Å²) in [6.07, 6.45) is 8.42. The SMILES string of the molecule is CCCCC#Cc1cnc2c(N)nccn12. The fraction of sp³-hybridized carbons (Fsp3) is 0.333. The molecule has 0 aliphatic carbocycles. The third-order valence-corrected chi connectivity index (χ3v) is 2.33. The van der Waals surface area contributed by atoms with Crippen LogP contribution < -0.4 is 5.73 Å². The number of nitrogens with zero attached hydrogens (tertiary/aromatic N) is 3. The van der Waals surface area contributed by atoms with Crippen LogP contribution in [0.3, 0.4) is 0 Å². The van der Waals surface area contributed by atoms with Crippen LogP contribution in [0, 0.1) is 11.8 Å². The van der Waals surface area contributed by atoms with Crippen LogP contribution in [-0.2, 0) is 0 Å². The minimum atomic E-state index is 0.434. The Hall–Kier alpha value is -2.02. The van der Waals surface area contributed by atoms with E-state index in [1.165, 1.54) is 6.42 Å². The van der Waals surface area contributed by atoms with Crippen LogP contribution in [0.25, 0.3) is 5.65 Å². The Balaban J connectivity index is 2.31. The van der Waals surface area contributed by atoms with Gasteiger partial charge in [0, 0.05) is 18.8 Å². The van der Waals surface area contributed by atoms with Crippen molar-refractivity contribution in [2.75, 3.05) is 5.73 Å². The molecule has 16 heavy (non-hydrogen) atoms. The van der Waals surface area contributed by atoms with Crippen molar-refractivity contribution in [1.29, 1.82) is 0 Å². The summed E-state index contributed by atoms with van der Waals surface area (Å²) < 4.78 is 1.86. The van der Waals surface area contributed by atoms with E-state index in [0.717, 1.165) is 18.5 Å². The lowest BCUT2D eigenvalue weighted by molar-refractivity contribution is 0.828. The van der Waals surface area contributed by atoms with Crippen molar-refractivity contribution < 1.29 is 0 Å². The van der Waals surface area contributed by atoms with E-state index < -0.39 is 0 Å². The van der Waals surface area contributed by atoms with Gasteiger partial charge in [-0.25, -0.2) is 9.97 Å². The zero-order valence-corrected chi connectivity index (χ0v) is 9.27. The summed E-state index contributed by atoms with van der Waals surface area (Å²) in [5.41, 5.74) is 7.23. The maximum Gasteiger partial charge on any atom is 0.180 e. The first kappa shape index (κ1) is 10.5. The van der Waals surface area contributed by atoms with Gasteiger partial charge in [0.05, 0.1) is 6.20 Å². The molecule has 2 N–H and O–H groups in total. The Morgan fingerprint density at radius 2 is 2.31 bits per heavy atom. The lowest BCUT2D eigenvalue weighted by Gasteiger charge is -1.96. The Morgan fingerprint density at radius 3 is 3.12 bits per heavy atom.